The van der Waals surface area contributed by atoms with E-state index in [-0.39, 0.29) is 5.66 Å². The molecule has 0 aliphatic rings. The quantitative estimate of drug-likeness (QED) is 0.449. The van der Waals surface area contributed by atoms with Crippen molar-refractivity contribution in [1.82, 2.24) is 0 Å². The molecule has 0 aliphatic carbocycles. The summed E-state index contributed by atoms with van der Waals surface area (Å²) in [6, 6.07) is 42.2. The van der Waals surface area contributed by atoms with Crippen molar-refractivity contribution in [2.45, 2.75) is 18.7 Å². The maximum atomic E-state index is 11.5. The molecule has 0 heterocycles. The van der Waals surface area contributed by atoms with Gasteiger partial charge in [0.1, 0.15) is 34.9 Å². The van der Waals surface area contributed by atoms with Crippen LogP contribution in [0.15, 0.2) is 121 Å². The summed E-state index contributed by atoms with van der Waals surface area (Å²) in [5.41, 5.74) is 0.976. The van der Waals surface area contributed by atoms with Crippen molar-refractivity contribution in [1.29, 1.82) is 0 Å². The zero-order valence-electron chi connectivity index (χ0n) is 16.6. The molecule has 1 nitrogen and oxygen atoms in total. The normalized spacial score (nSPS) is 13.6. The molecule has 29 heavy (non-hydrogen) atoms. The van der Waals surface area contributed by atoms with Gasteiger partial charge in [-0.25, -0.2) is 0 Å². The van der Waals surface area contributed by atoms with Gasteiger partial charge in [0.25, 0.3) is 0 Å². The smallest absolute Gasteiger partial charge is 0.117 e. The molecule has 144 valence electrons. The Labute approximate surface area is 174 Å². The van der Waals surface area contributed by atoms with E-state index in [0.29, 0.717) is 0 Å². The van der Waals surface area contributed by atoms with Crippen molar-refractivity contribution in [3.05, 3.63) is 127 Å². The molecular weight excluding hydrogens is 371 g/mol. The molecule has 0 aromatic heterocycles. The second-order valence-electron chi connectivity index (χ2n) is 7.33. The summed E-state index contributed by atoms with van der Waals surface area (Å²) < 4.78 is 0. The van der Waals surface area contributed by atoms with Gasteiger partial charge in [-0.1, -0.05) is 84.9 Å². The Kier molecular flexibility index (Phi) is 5.90. The van der Waals surface area contributed by atoms with E-state index in [2.05, 4.69) is 97.9 Å². The number of aliphatic hydroxyl groups excluding tert-OH is 1. The van der Waals surface area contributed by atoms with Gasteiger partial charge in [0.2, 0.25) is 0 Å². The molecule has 1 N–H and O–H groups in total. The van der Waals surface area contributed by atoms with Crippen LogP contribution in [0.2, 0.25) is 0 Å². The molecule has 0 amide bonds. The van der Waals surface area contributed by atoms with Crippen LogP contribution < -0.4 is 15.9 Å². The summed E-state index contributed by atoms with van der Waals surface area (Å²) in [5, 5.41) is 15.4. The molecular formula is C27H26OP+. The largest absolute Gasteiger partial charge is 0.384 e. The second-order valence-corrected chi connectivity index (χ2v) is 11.1. The van der Waals surface area contributed by atoms with Gasteiger partial charge in [0.05, 0.1) is 0 Å². The molecule has 0 fully saturated rings. The molecule has 4 rings (SSSR count). The van der Waals surface area contributed by atoms with E-state index < -0.39 is 13.4 Å². The van der Waals surface area contributed by atoms with E-state index in [4.69, 9.17) is 0 Å². The standard InChI is InChI=1S/C27H26OP/c1-22(27(28)23-14-6-2-7-15-23)29(24-16-8-3-9-17-24,25-18-10-4-11-19-25)26-20-12-5-13-21-26/h2-22,27-28H,1H3/q+1. The molecule has 0 spiro atoms. The first-order valence-corrected chi connectivity index (χ1v) is 11.9. The number of hydrogen-bond acceptors (Lipinski definition) is 1. The molecule has 0 radical (unpaired) electrons. The van der Waals surface area contributed by atoms with Gasteiger partial charge in [-0.3, -0.25) is 0 Å². The minimum Gasteiger partial charge on any atom is -0.384 e. The molecule has 2 unspecified atom stereocenters. The molecule has 4 aromatic carbocycles. The first kappa shape index (κ1) is 19.6. The van der Waals surface area contributed by atoms with E-state index >= 15 is 0 Å². The number of benzene rings is 4. The Hall–Kier alpha value is -2.73. The van der Waals surface area contributed by atoms with Crippen LogP contribution >= 0.6 is 7.26 Å². The fourth-order valence-corrected chi connectivity index (χ4v) is 9.11. The van der Waals surface area contributed by atoms with Crippen molar-refractivity contribution in [2.24, 2.45) is 0 Å². The first-order chi connectivity index (χ1) is 14.2. The van der Waals surface area contributed by atoms with Crippen molar-refractivity contribution in [3.63, 3.8) is 0 Å². The topological polar surface area (TPSA) is 20.2 Å². The molecule has 4 aromatic rings. The Bertz CT molecular complexity index is 920. The molecule has 0 saturated carbocycles. The zero-order valence-corrected chi connectivity index (χ0v) is 17.5. The first-order valence-electron chi connectivity index (χ1n) is 10.0. The van der Waals surface area contributed by atoms with Crippen molar-refractivity contribution in [3.8, 4) is 0 Å². The predicted octanol–water partition coefficient (Wildman–Crippen LogP) is 5.10. The fourth-order valence-electron chi connectivity index (χ4n) is 4.28. The van der Waals surface area contributed by atoms with Crippen molar-refractivity contribution in [2.75, 3.05) is 0 Å². The van der Waals surface area contributed by atoms with E-state index in [1.165, 1.54) is 15.9 Å². The molecule has 2 heteroatoms. The Morgan fingerprint density at radius 3 is 1.17 bits per heavy atom. The van der Waals surface area contributed by atoms with E-state index in [1.807, 2.05) is 30.3 Å². The Morgan fingerprint density at radius 2 is 0.828 bits per heavy atom. The zero-order chi connectivity index (χ0) is 20.1. The van der Waals surface area contributed by atoms with E-state index in [0.717, 1.165) is 5.56 Å². The summed E-state index contributed by atoms with van der Waals surface area (Å²) in [5.74, 6) is 0. The third-order valence-corrected chi connectivity index (χ3v) is 10.5. The van der Waals surface area contributed by atoms with Crippen LogP contribution in [0.4, 0.5) is 0 Å². The lowest BCUT2D eigenvalue weighted by Crippen LogP contribution is -2.40. The lowest BCUT2D eigenvalue weighted by atomic mass is 10.1. The highest BCUT2D eigenvalue weighted by Gasteiger charge is 2.53. The van der Waals surface area contributed by atoms with Crippen LogP contribution in [0.25, 0.3) is 0 Å². The second kappa shape index (κ2) is 8.74. The van der Waals surface area contributed by atoms with Crippen LogP contribution in [-0.2, 0) is 0 Å². The molecule has 0 saturated heterocycles. The summed E-state index contributed by atoms with van der Waals surface area (Å²) in [6.45, 7) is 2.21. The average molecular weight is 397 g/mol. The minimum atomic E-state index is -2.12. The lowest BCUT2D eigenvalue weighted by molar-refractivity contribution is 0.177. The van der Waals surface area contributed by atoms with Gasteiger partial charge in [-0.05, 0) is 48.9 Å². The van der Waals surface area contributed by atoms with Crippen molar-refractivity contribution < 1.29 is 5.11 Å². The maximum Gasteiger partial charge on any atom is 0.117 e. The highest BCUT2D eigenvalue weighted by atomic mass is 31.2. The van der Waals surface area contributed by atoms with Gasteiger partial charge in [-0.15, -0.1) is 0 Å². The van der Waals surface area contributed by atoms with Gasteiger partial charge >= 0.3 is 0 Å². The molecule has 0 bridgehead atoms. The lowest BCUT2D eigenvalue weighted by Gasteiger charge is -2.35. The highest BCUT2D eigenvalue weighted by Crippen LogP contribution is 2.62. The maximum absolute atomic E-state index is 11.5. The third kappa shape index (κ3) is 3.65. The molecule has 0 aliphatic heterocycles. The van der Waals surface area contributed by atoms with Gasteiger partial charge in [0.15, 0.2) is 0 Å². The number of hydrogen-bond donors (Lipinski definition) is 1. The fraction of sp³-hybridized carbons (Fsp3) is 0.111. The number of rotatable bonds is 6. The Morgan fingerprint density at radius 1 is 0.517 bits per heavy atom. The van der Waals surface area contributed by atoms with Gasteiger partial charge < -0.3 is 5.11 Å². The summed E-state index contributed by atoms with van der Waals surface area (Å²) in [7, 11) is -2.12. The van der Waals surface area contributed by atoms with Crippen LogP contribution in [0, 0.1) is 0 Å². The van der Waals surface area contributed by atoms with Gasteiger partial charge in [-0.2, -0.15) is 0 Å². The third-order valence-electron chi connectivity index (χ3n) is 5.70. The average Bonchev–Trinajstić information content (AvgIpc) is 2.82. The monoisotopic (exact) mass is 397 g/mol. The predicted molar refractivity (Wildman–Crippen MR) is 126 cm³/mol. The van der Waals surface area contributed by atoms with Crippen LogP contribution in [0.1, 0.15) is 18.6 Å². The summed E-state index contributed by atoms with van der Waals surface area (Å²) in [4.78, 5) is 0. The minimum absolute atomic E-state index is 0.0112. The SMILES string of the molecule is CC(C(O)c1ccccc1)[P+](c1ccccc1)(c1ccccc1)c1ccccc1. The van der Waals surface area contributed by atoms with Crippen LogP contribution in [0.5, 0.6) is 0 Å². The van der Waals surface area contributed by atoms with Crippen molar-refractivity contribution >= 4 is 23.2 Å². The summed E-state index contributed by atoms with van der Waals surface area (Å²) >= 11 is 0. The number of aliphatic hydroxyl groups is 1. The van der Waals surface area contributed by atoms with Gasteiger partial charge in [0, 0.05) is 0 Å². The van der Waals surface area contributed by atoms with E-state index in [1.54, 1.807) is 0 Å². The summed E-state index contributed by atoms with van der Waals surface area (Å²) in [6.07, 6.45) is -0.565. The molecule has 2 atom stereocenters. The van der Waals surface area contributed by atoms with Crippen LogP contribution in [-0.4, -0.2) is 10.8 Å². The van der Waals surface area contributed by atoms with Crippen LogP contribution in [0.3, 0.4) is 0 Å². The highest BCUT2D eigenvalue weighted by molar-refractivity contribution is 7.96. The van der Waals surface area contributed by atoms with E-state index in [9.17, 15) is 5.11 Å². The Balaban J connectivity index is 2.00.